The molecule has 0 fully saturated rings. The van der Waals surface area contributed by atoms with Gasteiger partial charge in [0.1, 0.15) is 22.7 Å². The van der Waals surface area contributed by atoms with E-state index in [0.29, 0.717) is 28.4 Å². The van der Waals surface area contributed by atoms with E-state index in [0.717, 1.165) is 11.1 Å². The number of benzene rings is 2. The van der Waals surface area contributed by atoms with Crippen LogP contribution in [0.2, 0.25) is 0 Å². The molecule has 0 spiro atoms. The van der Waals surface area contributed by atoms with Gasteiger partial charge in [0.2, 0.25) is 5.55 Å². The summed E-state index contributed by atoms with van der Waals surface area (Å²) >= 11 is 0. The van der Waals surface area contributed by atoms with Crippen molar-refractivity contribution in [3.05, 3.63) is 89.6 Å². The molecule has 1 amide bonds. The third-order valence-corrected chi connectivity index (χ3v) is 4.31. The maximum Gasteiger partial charge on any atom is 0.262 e. The van der Waals surface area contributed by atoms with Crippen LogP contribution < -0.4 is 15.6 Å². The van der Waals surface area contributed by atoms with E-state index in [9.17, 15) is 4.79 Å². The quantitative estimate of drug-likeness (QED) is 0.556. The average Bonchev–Trinajstić information content (AvgIpc) is 2.73. The predicted molar refractivity (Wildman–Crippen MR) is 111 cm³/mol. The molecule has 0 radical (unpaired) electrons. The maximum absolute atomic E-state index is 13.0. The number of nitrogens with one attached hydrogen (secondary N) is 1. The first-order valence-corrected chi connectivity index (χ1v) is 9.09. The number of aryl methyl sites for hydroxylation is 1. The fourth-order valence-corrected chi connectivity index (χ4v) is 2.91. The van der Waals surface area contributed by atoms with Gasteiger partial charge in [-0.2, -0.15) is 0 Å². The number of hydrogen-bond donors (Lipinski definition) is 1. The van der Waals surface area contributed by atoms with Crippen molar-refractivity contribution in [3.8, 4) is 5.75 Å². The SMILES string of the molecule is COc1cccc(N=c2oc3ccccc3cc2C(=O)Nc2cccc(C)n2)c1. The molecule has 0 aliphatic heterocycles. The second-order valence-electron chi connectivity index (χ2n) is 6.43. The number of anilines is 1. The number of methoxy groups -OCH3 is 1. The van der Waals surface area contributed by atoms with E-state index in [1.54, 1.807) is 25.3 Å². The summed E-state index contributed by atoms with van der Waals surface area (Å²) < 4.78 is 11.2. The molecule has 0 unspecified atom stereocenters. The minimum absolute atomic E-state index is 0.210. The molecule has 2 aromatic carbocycles. The van der Waals surface area contributed by atoms with E-state index in [2.05, 4.69) is 15.3 Å². The number of ether oxygens (including phenoxy) is 1. The Kier molecular flexibility index (Phi) is 5.07. The van der Waals surface area contributed by atoms with Crippen molar-refractivity contribution in [2.24, 2.45) is 4.99 Å². The molecule has 2 aromatic heterocycles. The van der Waals surface area contributed by atoms with Gasteiger partial charge in [-0.3, -0.25) is 4.79 Å². The number of carbonyl (C=O) groups is 1. The molecule has 0 aliphatic rings. The lowest BCUT2D eigenvalue weighted by molar-refractivity contribution is 0.102. The molecule has 144 valence electrons. The predicted octanol–water partition coefficient (Wildman–Crippen LogP) is 4.63. The Bertz CT molecular complexity index is 1260. The number of amides is 1. The summed E-state index contributed by atoms with van der Waals surface area (Å²) in [6.07, 6.45) is 0. The van der Waals surface area contributed by atoms with Gasteiger partial charge in [-0.15, -0.1) is 0 Å². The van der Waals surface area contributed by atoms with Gasteiger partial charge in [-0.25, -0.2) is 9.98 Å². The summed E-state index contributed by atoms with van der Waals surface area (Å²) in [7, 11) is 1.59. The van der Waals surface area contributed by atoms with Gasteiger partial charge in [0, 0.05) is 17.1 Å². The van der Waals surface area contributed by atoms with Gasteiger partial charge in [0.05, 0.1) is 12.8 Å². The van der Waals surface area contributed by atoms with Crippen molar-refractivity contribution in [1.82, 2.24) is 4.98 Å². The second-order valence-corrected chi connectivity index (χ2v) is 6.43. The normalized spacial score (nSPS) is 11.4. The zero-order valence-corrected chi connectivity index (χ0v) is 16.0. The van der Waals surface area contributed by atoms with E-state index in [-0.39, 0.29) is 11.5 Å². The van der Waals surface area contributed by atoms with Crippen LogP contribution in [0.4, 0.5) is 11.5 Å². The molecule has 4 rings (SSSR count). The molecule has 2 heterocycles. The zero-order valence-electron chi connectivity index (χ0n) is 16.0. The number of para-hydroxylation sites is 1. The summed E-state index contributed by atoms with van der Waals surface area (Å²) in [5, 5.41) is 3.62. The molecule has 6 heteroatoms. The minimum atomic E-state index is -0.348. The number of aromatic nitrogens is 1. The van der Waals surface area contributed by atoms with Crippen molar-refractivity contribution in [3.63, 3.8) is 0 Å². The van der Waals surface area contributed by atoms with E-state index in [1.807, 2.05) is 61.5 Å². The molecule has 0 saturated heterocycles. The van der Waals surface area contributed by atoms with E-state index in [4.69, 9.17) is 9.15 Å². The molecule has 0 atom stereocenters. The Morgan fingerprint density at radius 1 is 1.03 bits per heavy atom. The number of nitrogens with zero attached hydrogens (tertiary/aromatic N) is 2. The fraction of sp³-hybridized carbons (Fsp3) is 0.0870. The Morgan fingerprint density at radius 3 is 2.69 bits per heavy atom. The summed E-state index contributed by atoms with van der Waals surface area (Å²) in [4.78, 5) is 21.9. The van der Waals surface area contributed by atoms with Gasteiger partial charge in [-0.1, -0.05) is 30.3 Å². The van der Waals surface area contributed by atoms with Crippen molar-refractivity contribution in [2.45, 2.75) is 6.92 Å². The van der Waals surface area contributed by atoms with E-state index >= 15 is 0 Å². The molecule has 0 saturated carbocycles. The largest absolute Gasteiger partial charge is 0.497 e. The highest BCUT2D eigenvalue weighted by atomic mass is 16.5. The first-order chi connectivity index (χ1) is 14.1. The van der Waals surface area contributed by atoms with Gasteiger partial charge in [0.25, 0.3) is 5.91 Å². The van der Waals surface area contributed by atoms with Crippen molar-refractivity contribution < 1.29 is 13.9 Å². The number of hydrogen-bond acceptors (Lipinski definition) is 5. The lowest BCUT2D eigenvalue weighted by atomic mass is 10.1. The number of pyridine rings is 1. The number of carbonyl (C=O) groups excluding carboxylic acids is 1. The standard InChI is InChI=1S/C23H19N3O3/c1-15-7-5-12-21(24-15)26-22(27)19-13-16-8-3-4-11-20(16)29-23(19)25-17-9-6-10-18(14-17)28-2/h3-14H,1-2H3,(H,24,26,27). The summed E-state index contributed by atoms with van der Waals surface area (Å²) in [5.74, 6) is 0.789. The molecule has 1 N–H and O–H groups in total. The Morgan fingerprint density at radius 2 is 1.86 bits per heavy atom. The fourth-order valence-electron chi connectivity index (χ4n) is 2.91. The summed E-state index contributed by atoms with van der Waals surface area (Å²) in [6.45, 7) is 1.87. The third kappa shape index (κ3) is 4.16. The Labute approximate surface area is 167 Å². The molecular weight excluding hydrogens is 366 g/mol. The van der Waals surface area contributed by atoms with Gasteiger partial charge < -0.3 is 14.5 Å². The highest BCUT2D eigenvalue weighted by molar-refractivity contribution is 6.04. The Balaban J connectivity index is 1.83. The van der Waals surface area contributed by atoms with Crippen LogP contribution >= 0.6 is 0 Å². The molecule has 0 aliphatic carbocycles. The van der Waals surface area contributed by atoms with Crippen LogP contribution in [0.25, 0.3) is 11.0 Å². The number of rotatable bonds is 4. The van der Waals surface area contributed by atoms with Crippen LogP contribution in [0, 0.1) is 6.92 Å². The lowest BCUT2D eigenvalue weighted by Crippen LogP contribution is -2.22. The van der Waals surface area contributed by atoms with Crippen molar-refractivity contribution >= 4 is 28.4 Å². The van der Waals surface area contributed by atoms with Gasteiger partial charge >= 0.3 is 0 Å². The average molecular weight is 385 g/mol. The van der Waals surface area contributed by atoms with Crippen LogP contribution in [0.15, 0.2) is 82.2 Å². The zero-order chi connectivity index (χ0) is 20.2. The third-order valence-electron chi connectivity index (χ3n) is 4.31. The minimum Gasteiger partial charge on any atom is -0.497 e. The Hall–Kier alpha value is -3.93. The molecule has 29 heavy (non-hydrogen) atoms. The van der Waals surface area contributed by atoms with Crippen LogP contribution in [0.5, 0.6) is 5.75 Å². The van der Waals surface area contributed by atoms with Crippen LogP contribution in [-0.4, -0.2) is 18.0 Å². The maximum atomic E-state index is 13.0. The van der Waals surface area contributed by atoms with Crippen LogP contribution in [0.3, 0.4) is 0 Å². The van der Waals surface area contributed by atoms with Crippen molar-refractivity contribution in [1.29, 1.82) is 0 Å². The van der Waals surface area contributed by atoms with Gasteiger partial charge in [0.15, 0.2) is 0 Å². The smallest absolute Gasteiger partial charge is 0.262 e. The summed E-state index contributed by atoms with van der Waals surface area (Å²) in [5.41, 5.74) is 2.59. The van der Waals surface area contributed by atoms with Crippen LogP contribution in [-0.2, 0) is 0 Å². The molecule has 0 bridgehead atoms. The van der Waals surface area contributed by atoms with Gasteiger partial charge in [-0.05, 0) is 43.3 Å². The monoisotopic (exact) mass is 385 g/mol. The highest BCUT2D eigenvalue weighted by Gasteiger charge is 2.14. The highest BCUT2D eigenvalue weighted by Crippen LogP contribution is 2.20. The lowest BCUT2D eigenvalue weighted by Gasteiger charge is -2.07. The molecule has 4 aromatic rings. The number of fused-ring (bicyclic) bond motifs is 1. The second kappa shape index (κ2) is 7.98. The summed E-state index contributed by atoms with van der Waals surface area (Å²) in [6, 6.07) is 21.9. The first kappa shape index (κ1) is 18.4. The first-order valence-electron chi connectivity index (χ1n) is 9.09. The van der Waals surface area contributed by atoms with Crippen LogP contribution in [0.1, 0.15) is 16.1 Å². The molecule has 6 nitrogen and oxygen atoms in total. The van der Waals surface area contributed by atoms with E-state index < -0.39 is 0 Å². The topological polar surface area (TPSA) is 76.7 Å². The van der Waals surface area contributed by atoms with E-state index in [1.165, 1.54) is 0 Å². The molecular formula is C23H19N3O3. The van der Waals surface area contributed by atoms with Crippen molar-refractivity contribution in [2.75, 3.05) is 12.4 Å².